The molecule has 0 spiro atoms. The minimum atomic E-state index is 0.426. The summed E-state index contributed by atoms with van der Waals surface area (Å²) in [7, 11) is 3.30. The van der Waals surface area contributed by atoms with E-state index in [1.165, 1.54) is 5.56 Å². The van der Waals surface area contributed by atoms with Gasteiger partial charge in [0.2, 0.25) is 0 Å². The van der Waals surface area contributed by atoms with Crippen LogP contribution in [0, 0.1) is 6.54 Å². The third-order valence-electron chi connectivity index (χ3n) is 2.59. The largest absolute Gasteiger partial charge is 0.493 e. The van der Waals surface area contributed by atoms with Crippen LogP contribution >= 0.6 is 0 Å². The number of fused-ring (bicyclic) bond motifs is 1. The Labute approximate surface area is 90.4 Å². The highest BCUT2D eigenvalue weighted by Gasteiger charge is 2.18. The first-order valence-electron chi connectivity index (χ1n) is 5.01. The highest BCUT2D eigenvalue weighted by molar-refractivity contribution is 5.50. The average Bonchev–Trinajstić information content (AvgIpc) is 2.27. The topological polar surface area (TPSA) is 30.5 Å². The van der Waals surface area contributed by atoms with Gasteiger partial charge in [-0.25, -0.2) is 0 Å². The summed E-state index contributed by atoms with van der Waals surface area (Å²) in [6, 6.07) is 4.40. The molecule has 0 bridgehead atoms. The SMILES string of the molecule is COc1cc2c(cc1OC)CC(C)N[C]2. The molecule has 80 valence electrons. The maximum absolute atomic E-state index is 5.26. The van der Waals surface area contributed by atoms with E-state index in [0.717, 1.165) is 23.5 Å². The van der Waals surface area contributed by atoms with E-state index in [-0.39, 0.29) is 0 Å². The zero-order chi connectivity index (χ0) is 10.8. The van der Waals surface area contributed by atoms with E-state index >= 15 is 0 Å². The molecular formula is C12H15NO2. The summed E-state index contributed by atoms with van der Waals surface area (Å²) >= 11 is 0. The normalized spacial score (nSPS) is 19.5. The third kappa shape index (κ3) is 1.92. The molecule has 1 aliphatic heterocycles. The Balaban J connectivity index is 2.41. The molecule has 0 aromatic heterocycles. The molecule has 1 aliphatic rings. The van der Waals surface area contributed by atoms with Gasteiger partial charge >= 0.3 is 0 Å². The lowest BCUT2D eigenvalue weighted by Crippen LogP contribution is -2.31. The number of ether oxygens (including phenoxy) is 2. The summed E-state index contributed by atoms with van der Waals surface area (Å²) in [5.41, 5.74) is 2.31. The first kappa shape index (κ1) is 10.3. The molecule has 15 heavy (non-hydrogen) atoms. The van der Waals surface area contributed by atoms with E-state index in [9.17, 15) is 0 Å². The Kier molecular flexibility index (Phi) is 2.82. The van der Waals surface area contributed by atoms with E-state index < -0.39 is 0 Å². The zero-order valence-electron chi connectivity index (χ0n) is 9.26. The van der Waals surface area contributed by atoms with Crippen molar-refractivity contribution < 1.29 is 9.47 Å². The number of hydrogen-bond acceptors (Lipinski definition) is 3. The van der Waals surface area contributed by atoms with Crippen LogP contribution in [0.4, 0.5) is 0 Å². The molecule has 0 amide bonds. The Bertz CT molecular complexity index is 363. The average molecular weight is 205 g/mol. The van der Waals surface area contributed by atoms with Crippen molar-refractivity contribution in [2.75, 3.05) is 14.2 Å². The number of rotatable bonds is 2. The molecule has 3 nitrogen and oxygen atoms in total. The lowest BCUT2D eigenvalue weighted by atomic mass is 9.96. The Morgan fingerprint density at radius 3 is 2.60 bits per heavy atom. The number of methoxy groups -OCH3 is 2. The van der Waals surface area contributed by atoms with Crippen LogP contribution in [0.25, 0.3) is 0 Å². The predicted molar refractivity (Wildman–Crippen MR) is 58.2 cm³/mol. The molecule has 1 aromatic carbocycles. The van der Waals surface area contributed by atoms with Crippen LogP contribution in [0.1, 0.15) is 18.1 Å². The van der Waals surface area contributed by atoms with Crippen LogP contribution in [-0.4, -0.2) is 20.3 Å². The highest BCUT2D eigenvalue weighted by atomic mass is 16.5. The van der Waals surface area contributed by atoms with Gasteiger partial charge in [0.1, 0.15) is 0 Å². The number of benzene rings is 1. The number of nitrogens with one attached hydrogen (secondary N) is 1. The van der Waals surface area contributed by atoms with E-state index in [2.05, 4.69) is 18.8 Å². The van der Waals surface area contributed by atoms with Crippen molar-refractivity contribution in [3.8, 4) is 11.5 Å². The van der Waals surface area contributed by atoms with Crippen LogP contribution in [0.2, 0.25) is 0 Å². The summed E-state index contributed by atoms with van der Waals surface area (Å²) in [5, 5.41) is 3.18. The van der Waals surface area contributed by atoms with Crippen molar-refractivity contribution in [3.63, 3.8) is 0 Å². The molecule has 0 fully saturated rings. The first-order valence-corrected chi connectivity index (χ1v) is 5.01. The van der Waals surface area contributed by atoms with Crippen LogP contribution < -0.4 is 14.8 Å². The lowest BCUT2D eigenvalue weighted by molar-refractivity contribution is 0.353. The fraction of sp³-hybridized carbons (Fsp3) is 0.417. The molecule has 0 saturated heterocycles. The van der Waals surface area contributed by atoms with Gasteiger partial charge in [-0.2, -0.15) is 0 Å². The first-order chi connectivity index (χ1) is 7.24. The van der Waals surface area contributed by atoms with Crippen LogP contribution in [0.5, 0.6) is 11.5 Å². The van der Waals surface area contributed by atoms with Gasteiger partial charge in [-0.1, -0.05) is 0 Å². The van der Waals surface area contributed by atoms with Gasteiger partial charge in [-0.3, -0.25) is 0 Å². The molecule has 1 unspecified atom stereocenters. The van der Waals surface area contributed by atoms with Crippen molar-refractivity contribution in [2.45, 2.75) is 19.4 Å². The molecule has 1 aromatic rings. The molecule has 2 rings (SSSR count). The van der Waals surface area contributed by atoms with Gasteiger partial charge in [0.25, 0.3) is 0 Å². The van der Waals surface area contributed by atoms with Crippen LogP contribution in [0.3, 0.4) is 0 Å². The van der Waals surface area contributed by atoms with E-state index in [4.69, 9.17) is 9.47 Å². The fourth-order valence-corrected chi connectivity index (χ4v) is 1.79. The number of hydrogen-bond donors (Lipinski definition) is 1. The maximum Gasteiger partial charge on any atom is 0.161 e. The van der Waals surface area contributed by atoms with Crippen LogP contribution in [0.15, 0.2) is 12.1 Å². The predicted octanol–water partition coefficient (Wildman–Crippen LogP) is 1.62. The second-order valence-electron chi connectivity index (χ2n) is 3.74. The highest BCUT2D eigenvalue weighted by Crippen LogP contribution is 2.32. The van der Waals surface area contributed by atoms with Crippen molar-refractivity contribution in [3.05, 3.63) is 29.8 Å². The molecule has 0 saturated carbocycles. The smallest absolute Gasteiger partial charge is 0.161 e. The molecule has 0 aliphatic carbocycles. The second kappa shape index (κ2) is 4.11. The summed E-state index contributed by atoms with van der Waals surface area (Å²) < 4.78 is 10.5. The van der Waals surface area contributed by atoms with Gasteiger partial charge in [0.15, 0.2) is 11.5 Å². The molecule has 2 radical (unpaired) electrons. The summed E-state index contributed by atoms with van der Waals surface area (Å²) in [5.74, 6) is 1.53. The van der Waals surface area contributed by atoms with Crippen molar-refractivity contribution in [1.82, 2.24) is 5.32 Å². The minimum absolute atomic E-state index is 0.426. The monoisotopic (exact) mass is 205 g/mol. The fourth-order valence-electron chi connectivity index (χ4n) is 1.79. The maximum atomic E-state index is 5.26. The van der Waals surface area contributed by atoms with Gasteiger partial charge < -0.3 is 14.8 Å². The Morgan fingerprint density at radius 2 is 1.93 bits per heavy atom. The third-order valence-corrected chi connectivity index (χ3v) is 2.59. The molecule has 3 heteroatoms. The Morgan fingerprint density at radius 1 is 1.27 bits per heavy atom. The summed E-state index contributed by atoms with van der Waals surface area (Å²) in [6.07, 6.45) is 0.989. The second-order valence-corrected chi connectivity index (χ2v) is 3.74. The minimum Gasteiger partial charge on any atom is -0.493 e. The van der Waals surface area contributed by atoms with E-state index in [1.54, 1.807) is 14.2 Å². The van der Waals surface area contributed by atoms with Crippen molar-refractivity contribution in [2.24, 2.45) is 0 Å². The van der Waals surface area contributed by atoms with Crippen LogP contribution in [-0.2, 0) is 6.42 Å². The van der Waals surface area contributed by atoms with E-state index in [1.807, 2.05) is 12.1 Å². The molecule has 1 N–H and O–H groups in total. The van der Waals surface area contributed by atoms with Crippen molar-refractivity contribution in [1.29, 1.82) is 0 Å². The Hall–Kier alpha value is -1.22. The standard InChI is InChI=1S/C12H15NO2/c1-8-4-9-5-11(14-2)12(15-3)6-10(9)7-13-8/h5-6,8,13H,4H2,1-3H3. The van der Waals surface area contributed by atoms with Gasteiger partial charge in [0.05, 0.1) is 20.8 Å². The lowest BCUT2D eigenvalue weighted by Gasteiger charge is -2.23. The zero-order valence-corrected chi connectivity index (χ0v) is 9.26. The summed E-state index contributed by atoms with van der Waals surface area (Å²) in [4.78, 5) is 0. The molecular weight excluding hydrogens is 190 g/mol. The summed E-state index contributed by atoms with van der Waals surface area (Å²) in [6.45, 7) is 5.28. The van der Waals surface area contributed by atoms with Crippen molar-refractivity contribution >= 4 is 0 Å². The van der Waals surface area contributed by atoms with E-state index in [0.29, 0.717) is 6.04 Å². The van der Waals surface area contributed by atoms with Gasteiger partial charge in [-0.05, 0) is 36.6 Å². The quantitative estimate of drug-likeness (QED) is 0.796. The molecule has 1 atom stereocenters. The van der Waals surface area contributed by atoms with Gasteiger partial charge in [0, 0.05) is 6.04 Å². The van der Waals surface area contributed by atoms with Gasteiger partial charge in [-0.15, -0.1) is 0 Å². The molecule has 1 heterocycles.